The van der Waals surface area contributed by atoms with Crippen LogP contribution >= 0.6 is 11.8 Å². The maximum atomic E-state index is 12.1. The molecule has 19 heavy (non-hydrogen) atoms. The van der Waals surface area contributed by atoms with Crippen molar-refractivity contribution in [2.45, 2.75) is 9.79 Å². The van der Waals surface area contributed by atoms with Gasteiger partial charge in [0.1, 0.15) is 0 Å². The summed E-state index contributed by atoms with van der Waals surface area (Å²) in [7, 11) is -3.31. The van der Waals surface area contributed by atoms with E-state index in [0.29, 0.717) is 11.4 Å². The quantitative estimate of drug-likeness (QED) is 0.680. The van der Waals surface area contributed by atoms with Gasteiger partial charge in [-0.05, 0) is 24.3 Å². The zero-order chi connectivity index (χ0) is 13.7. The van der Waals surface area contributed by atoms with Crippen molar-refractivity contribution < 1.29 is 8.42 Å². The molecule has 2 rings (SSSR count). The summed E-state index contributed by atoms with van der Waals surface area (Å²) in [5.41, 5.74) is 6.02. The van der Waals surface area contributed by atoms with Crippen molar-refractivity contribution in [1.82, 2.24) is 0 Å². The Morgan fingerprint density at radius 3 is 2.26 bits per heavy atom. The summed E-state index contributed by atoms with van der Waals surface area (Å²) in [5, 5.41) is 0. The fourth-order valence-corrected chi connectivity index (χ4v) is 4.39. The van der Waals surface area contributed by atoms with Gasteiger partial charge in [0.15, 0.2) is 9.84 Å². The van der Waals surface area contributed by atoms with E-state index in [4.69, 9.17) is 5.73 Å². The molecule has 100 valence electrons. The molecule has 0 aliphatic carbocycles. The summed E-state index contributed by atoms with van der Waals surface area (Å²) in [4.78, 5) is 1.29. The molecule has 0 saturated heterocycles. The number of benzene rings is 2. The van der Waals surface area contributed by atoms with Gasteiger partial charge < -0.3 is 5.73 Å². The first-order valence-corrected chi connectivity index (χ1v) is 8.48. The number of rotatable bonds is 5. The highest BCUT2D eigenvalue weighted by molar-refractivity contribution is 8.00. The van der Waals surface area contributed by atoms with Crippen LogP contribution in [0.1, 0.15) is 0 Å². The second-order valence-electron chi connectivity index (χ2n) is 4.02. The summed E-state index contributed by atoms with van der Waals surface area (Å²) >= 11 is 1.53. The molecule has 5 heteroatoms. The van der Waals surface area contributed by atoms with Crippen LogP contribution < -0.4 is 5.73 Å². The summed E-state index contributed by atoms with van der Waals surface area (Å²) in [6, 6.07) is 16.3. The molecule has 0 fully saturated rings. The highest BCUT2D eigenvalue weighted by Gasteiger charge is 2.16. The Balaban J connectivity index is 2.01. The molecule has 0 radical (unpaired) electrons. The molecular formula is C14H15NO2S2. The van der Waals surface area contributed by atoms with Crippen LogP contribution in [0.4, 0.5) is 5.69 Å². The third-order valence-corrected chi connectivity index (χ3v) is 5.67. The number of anilines is 1. The van der Waals surface area contributed by atoms with Crippen molar-refractivity contribution in [3.63, 3.8) is 0 Å². The third-order valence-electron chi connectivity index (χ3n) is 2.62. The Morgan fingerprint density at radius 2 is 1.58 bits per heavy atom. The lowest BCUT2D eigenvalue weighted by Crippen LogP contribution is -2.11. The molecular weight excluding hydrogens is 278 g/mol. The maximum Gasteiger partial charge on any atom is 0.181 e. The van der Waals surface area contributed by atoms with Crippen molar-refractivity contribution in [2.75, 3.05) is 17.2 Å². The molecule has 0 amide bonds. The van der Waals surface area contributed by atoms with Crippen molar-refractivity contribution in [3.05, 3.63) is 54.6 Å². The topological polar surface area (TPSA) is 60.2 Å². The van der Waals surface area contributed by atoms with Crippen LogP contribution in [-0.2, 0) is 9.84 Å². The van der Waals surface area contributed by atoms with Crippen LogP contribution in [0, 0.1) is 0 Å². The van der Waals surface area contributed by atoms with E-state index < -0.39 is 9.84 Å². The van der Waals surface area contributed by atoms with Gasteiger partial charge in [-0.2, -0.15) is 0 Å². The van der Waals surface area contributed by atoms with E-state index in [0.717, 1.165) is 4.90 Å². The lowest BCUT2D eigenvalue weighted by atomic mass is 10.3. The predicted molar refractivity (Wildman–Crippen MR) is 80.1 cm³/mol. The van der Waals surface area contributed by atoms with Gasteiger partial charge in [-0.3, -0.25) is 0 Å². The summed E-state index contributed by atoms with van der Waals surface area (Å²) < 4.78 is 24.3. The van der Waals surface area contributed by atoms with Crippen LogP contribution in [0.5, 0.6) is 0 Å². The van der Waals surface area contributed by atoms with Gasteiger partial charge in [0, 0.05) is 10.6 Å². The molecule has 0 unspecified atom stereocenters. The fourth-order valence-electron chi connectivity index (χ4n) is 1.66. The fraction of sp³-hybridized carbons (Fsp3) is 0.143. The van der Waals surface area contributed by atoms with Crippen LogP contribution in [-0.4, -0.2) is 19.9 Å². The van der Waals surface area contributed by atoms with Gasteiger partial charge in [-0.15, -0.1) is 11.8 Å². The maximum absolute atomic E-state index is 12.1. The van der Waals surface area contributed by atoms with Gasteiger partial charge in [0.05, 0.1) is 16.3 Å². The van der Waals surface area contributed by atoms with E-state index in [1.807, 2.05) is 30.3 Å². The third kappa shape index (κ3) is 3.75. The largest absolute Gasteiger partial charge is 0.398 e. The molecule has 0 spiro atoms. The van der Waals surface area contributed by atoms with Crippen LogP contribution in [0.15, 0.2) is 64.4 Å². The van der Waals surface area contributed by atoms with E-state index in [1.165, 1.54) is 11.8 Å². The number of nitrogens with two attached hydrogens (primary N) is 1. The Labute approximate surface area is 117 Å². The SMILES string of the molecule is Nc1ccccc1S(=O)(=O)CCSc1ccccc1. The number of nitrogen functional groups attached to an aromatic ring is 1. The number of para-hydroxylation sites is 1. The normalized spacial score (nSPS) is 11.4. The summed E-state index contributed by atoms with van der Waals surface area (Å²) in [6.45, 7) is 0. The van der Waals surface area contributed by atoms with E-state index >= 15 is 0 Å². The zero-order valence-electron chi connectivity index (χ0n) is 10.3. The number of hydrogen-bond donors (Lipinski definition) is 1. The van der Waals surface area contributed by atoms with E-state index in [2.05, 4.69) is 0 Å². The van der Waals surface area contributed by atoms with Gasteiger partial charge in [0.2, 0.25) is 0 Å². The van der Waals surface area contributed by atoms with Crippen LogP contribution in [0.2, 0.25) is 0 Å². The predicted octanol–water partition coefficient (Wildman–Crippen LogP) is 2.83. The lowest BCUT2D eigenvalue weighted by Gasteiger charge is -2.07. The molecule has 2 aromatic rings. The molecule has 0 atom stereocenters. The van der Waals surface area contributed by atoms with Crippen LogP contribution in [0.3, 0.4) is 0 Å². The summed E-state index contributed by atoms with van der Waals surface area (Å²) in [6.07, 6.45) is 0. The average molecular weight is 293 g/mol. The smallest absolute Gasteiger partial charge is 0.181 e. The highest BCUT2D eigenvalue weighted by Crippen LogP contribution is 2.22. The highest BCUT2D eigenvalue weighted by atomic mass is 32.2. The number of sulfone groups is 1. The molecule has 0 aliphatic rings. The summed E-state index contributed by atoms with van der Waals surface area (Å²) in [5.74, 6) is 0.599. The minimum atomic E-state index is -3.31. The first kappa shape index (κ1) is 14.0. The average Bonchev–Trinajstić information content (AvgIpc) is 2.40. The first-order valence-electron chi connectivity index (χ1n) is 5.85. The molecule has 0 aliphatic heterocycles. The first-order chi connectivity index (χ1) is 9.09. The standard InChI is InChI=1S/C14H15NO2S2/c15-13-8-4-5-9-14(13)19(16,17)11-10-18-12-6-2-1-3-7-12/h1-9H,10-11,15H2. The molecule has 0 heterocycles. The number of thioether (sulfide) groups is 1. The second-order valence-corrected chi connectivity index (χ2v) is 7.26. The van der Waals surface area contributed by atoms with Crippen molar-refractivity contribution in [2.24, 2.45) is 0 Å². The molecule has 0 bridgehead atoms. The van der Waals surface area contributed by atoms with Crippen molar-refractivity contribution >= 4 is 27.3 Å². The zero-order valence-corrected chi connectivity index (χ0v) is 12.0. The molecule has 2 aromatic carbocycles. The van der Waals surface area contributed by atoms with E-state index in [-0.39, 0.29) is 10.6 Å². The minimum absolute atomic E-state index is 0.0841. The van der Waals surface area contributed by atoms with Crippen LogP contribution in [0.25, 0.3) is 0 Å². The molecule has 0 saturated carbocycles. The van der Waals surface area contributed by atoms with Gasteiger partial charge >= 0.3 is 0 Å². The second kappa shape index (κ2) is 6.12. The van der Waals surface area contributed by atoms with Crippen molar-refractivity contribution in [1.29, 1.82) is 0 Å². The molecule has 2 N–H and O–H groups in total. The van der Waals surface area contributed by atoms with Gasteiger partial charge in [-0.25, -0.2) is 8.42 Å². The molecule has 0 aromatic heterocycles. The molecule has 3 nitrogen and oxygen atoms in total. The Kier molecular flexibility index (Phi) is 4.50. The Morgan fingerprint density at radius 1 is 0.947 bits per heavy atom. The lowest BCUT2D eigenvalue weighted by molar-refractivity contribution is 0.598. The van der Waals surface area contributed by atoms with E-state index in [1.54, 1.807) is 24.3 Å². The van der Waals surface area contributed by atoms with Gasteiger partial charge in [-0.1, -0.05) is 30.3 Å². The monoisotopic (exact) mass is 293 g/mol. The van der Waals surface area contributed by atoms with E-state index in [9.17, 15) is 8.42 Å². The Bertz CT molecular complexity index is 640. The van der Waals surface area contributed by atoms with Crippen molar-refractivity contribution in [3.8, 4) is 0 Å². The van der Waals surface area contributed by atoms with Gasteiger partial charge in [0.25, 0.3) is 0 Å². The number of hydrogen-bond acceptors (Lipinski definition) is 4. The minimum Gasteiger partial charge on any atom is -0.398 e. The Hall–Kier alpha value is -1.46.